The lowest BCUT2D eigenvalue weighted by molar-refractivity contribution is 0.247. The van der Waals surface area contributed by atoms with Crippen LogP contribution in [0.25, 0.3) is 0 Å². The number of nitrogens with zero attached hydrogens (tertiary/aromatic N) is 1. The SMILES string of the molecule is CN(C(=O)NC1CC1)c1cccc(F)c1. The van der Waals surface area contributed by atoms with Crippen LogP contribution in [-0.2, 0) is 0 Å². The van der Waals surface area contributed by atoms with E-state index in [-0.39, 0.29) is 11.8 Å². The van der Waals surface area contributed by atoms with Crippen LogP contribution >= 0.6 is 0 Å². The van der Waals surface area contributed by atoms with Crippen LogP contribution in [0, 0.1) is 5.82 Å². The molecule has 2 rings (SSSR count). The van der Waals surface area contributed by atoms with E-state index >= 15 is 0 Å². The summed E-state index contributed by atoms with van der Waals surface area (Å²) in [5.74, 6) is -0.335. The van der Waals surface area contributed by atoms with Crippen LogP contribution in [0.5, 0.6) is 0 Å². The van der Waals surface area contributed by atoms with Gasteiger partial charge < -0.3 is 5.32 Å². The van der Waals surface area contributed by atoms with Crippen molar-refractivity contribution in [1.29, 1.82) is 0 Å². The number of benzene rings is 1. The minimum absolute atomic E-state index is 0.178. The fraction of sp³-hybridized carbons (Fsp3) is 0.364. The molecule has 1 aromatic carbocycles. The Morgan fingerprint density at radius 1 is 1.53 bits per heavy atom. The van der Waals surface area contributed by atoms with Gasteiger partial charge in [-0.25, -0.2) is 9.18 Å². The number of urea groups is 1. The predicted octanol–water partition coefficient (Wildman–Crippen LogP) is 2.13. The lowest BCUT2D eigenvalue weighted by Gasteiger charge is -2.17. The molecule has 0 radical (unpaired) electrons. The molecule has 1 fully saturated rings. The summed E-state index contributed by atoms with van der Waals surface area (Å²) in [7, 11) is 1.63. The highest BCUT2D eigenvalue weighted by atomic mass is 19.1. The molecule has 0 spiro atoms. The van der Waals surface area contributed by atoms with E-state index in [1.807, 2.05) is 0 Å². The lowest BCUT2D eigenvalue weighted by atomic mass is 10.3. The quantitative estimate of drug-likeness (QED) is 0.793. The topological polar surface area (TPSA) is 32.3 Å². The van der Waals surface area contributed by atoms with E-state index < -0.39 is 0 Å². The maximum Gasteiger partial charge on any atom is 0.321 e. The fourth-order valence-electron chi connectivity index (χ4n) is 1.30. The average molecular weight is 208 g/mol. The highest BCUT2D eigenvalue weighted by Gasteiger charge is 2.25. The first-order chi connectivity index (χ1) is 7.16. The molecular weight excluding hydrogens is 195 g/mol. The van der Waals surface area contributed by atoms with Gasteiger partial charge in [0.25, 0.3) is 0 Å². The van der Waals surface area contributed by atoms with Crippen molar-refractivity contribution in [1.82, 2.24) is 5.32 Å². The molecule has 1 aromatic rings. The van der Waals surface area contributed by atoms with Gasteiger partial charge in [-0.1, -0.05) is 6.07 Å². The summed E-state index contributed by atoms with van der Waals surface area (Å²) in [5, 5.41) is 2.84. The fourth-order valence-corrected chi connectivity index (χ4v) is 1.30. The maximum absolute atomic E-state index is 12.9. The molecule has 1 saturated carbocycles. The van der Waals surface area contributed by atoms with Crippen LogP contribution in [0.3, 0.4) is 0 Å². The van der Waals surface area contributed by atoms with E-state index in [4.69, 9.17) is 0 Å². The van der Waals surface area contributed by atoms with Gasteiger partial charge in [-0.05, 0) is 31.0 Å². The molecule has 80 valence electrons. The third-order valence-corrected chi connectivity index (χ3v) is 2.41. The Bertz CT molecular complexity index is 377. The first-order valence-electron chi connectivity index (χ1n) is 4.96. The van der Waals surface area contributed by atoms with Crippen molar-refractivity contribution in [3.63, 3.8) is 0 Å². The minimum atomic E-state index is -0.335. The van der Waals surface area contributed by atoms with E-state index in [0.717, 1.165) is 12.8 Å². The Balaban J connectivity index is 2.05. The van der Waals surface area contributed by atoms with Crippen molar-refractivity contribution in [3.8, 4) is 0 Å². The summed E-state index contributed by atoms with van der Waals surface area (Å²) >= 11 is 0. The number of halogens is 1. The summed E-state index contributed by atoms with van der Waals surface area (Å²) < 4.78 is 12.9. The van der Waals surface area contributed by atoms with Gasteiger partial charge in [0.1, 0.15) is 5.82 Å². The Morgan fingerprint density at radius 3 is 2.87 bits per heavy atom. The highest BCUT2D eigenvalue weighted by molar-refractivity contribution is 5.91. The Labute approximate surface area is 87.9 Å². The molecule has 0 bridgehead atoms. The van der Waals surface area contributed by atoms with E-state index in [0.29, 0.717) is 11.7 Å². The first kappa shape index (κ1) is 9.96. The average Bonchev–Trinajstić information content (AvgIpc) is 3.00. The van der Waals surface area contributed by atoms with Gasteiger partial charge in [0.05, 0.1) is 0 Å². The van der Waals surface area contributed by atoms with Gasteiger partial charge in [-0.3, -0.25) is 4.90 Å². The van der Waals surface area contributed by atoms with Crippen molar-refractivity contribution in [2.24, 2.45) is 0 Å². The van der Waals surface area contributed by atoms with Gasteiger partial charge in [-0.2, -0.15) is 0 Å². The van der Waals surface area contributed by atoms with Crippen LogP contribution < -0.4 is 10.2 Å². The summed E-state index contributed by atoms with van der Waals surface area (Å²) in [5.41, 5.74) is 0.563. The zero-order valence-electron chi connectivity index (χ0n) is 8.53. The lowest BCUT2D eigenvalue weighted by Crippen LogP contribution is -2.38. The first-order valence-corrected chi connectivity index (χ1v) is 4.96. The van der Waals surface area contributed by atoms with Crippen molar-refractivity contribution < 1.29 is 9.18 Å². The predicted molar refractivity (Wildman–Crippen MR) is 56.4 cm³/mol. The second-order valence-corrected chi connectivity index (χ2v) is 3.76. The zero-order valence-corrected chi connectivity index (χ0v) is 8.53. The molecule has 0 atom stereocenters. The number of amides is 2. The van der Waals surface area contributed by atoms with Gasteiger partial charge in [0.15, 0.2) is 0 Å². The van der Waals surface area contributed by atoms with Gasteiger partial charge >= 0.3 is 6.03 Å². The second kappa shape index (κ2) is 3.88. The van der Waals surface area contributed by atoms with Crippen LogP contribution in [0.1, 0.15) is 12.8 Å². The van der Waals surface area contributed by atoms with Crippen LogP contribution in [-0.4, -0.2) is 19.1 Å². The van der Waals surface area contributed by atoms with Gasteiger partial charge in [0, 0.05) is 18.8 Å². The molecule has 15 heavy (non-hydrogen) atoms. The summed E-state index contributed by atoms with van der Waals surface area (Å²) in [6.45, 7) is 0. The molecule has 1 aliphatic rings. The van der Waals surface area contributed by atoms with Crippen LogP contribution in [0.15, 0.2) is 24.3 Å². The Hall–Kier alpha value is -1.58. The molecule has 0 saturated heterocycles. The summed E-state index contributed by atoms with van der Waals surface area (Å²) in [6, 6.07) is 6.13. The molecule has 0 unspecified atom stereocenters. The van der Waals surface area contributed by atoms with E-state index in [2.05, 4.69) is 5.32 Å². The molecular formula is C11H13FN2O. The molecule has 1 aliphatic carbocycles. The zero-order chi connectivity index (χ0) is 10.8. The number of rotatable bonds is 2. The molecule has 1 N–H and O–H groups in total. The number of carbonyl (C=O) groups excluding carboxylic acids is 1. The maximum atomic E-state index is 12.9. The van der Waals surface area contributed by atoms with Gasteiger partial charge in [0.2, 0.25) is 0 Å². The number of anilines is 1. The molecule has 4 heteroatoms. The normalized spacial score (nSPS) is 14.8. The second-order valence-electron chi connectivity index (χ2n) is 3.76. The highest BCUT2D eigenvalue weighted by Crippen LogP contribution is 2.20. The number of nitrogens with one attached hydrogen (secondary N) is 1. The minimum Gasteiger partial charge on any atom is -0.335 e. The van der Waals surface area contributed by atoms with E-state index in [1.54, 1.807) is 19.2 Å². The van der Waals surface area contributed by atoms with Crippen molar-refractivity contribution in [3.05, 3.63) is 30.1 Å². The molecule has 0 heterocycles. The van der Waals surface area contributed by atoms with E-state index in [1.165, 1.54) is 17.0 Å². The molecule has 0 aliphatic heterocycles. The molecule has 3 nitrogen and oxygen atoms in total. The van der Waals surface area contributed by atoms with Crippen molar-refractivity contribution >= 4 is 11.7 Å². The number of hydrogen-bond acceptors (Lipinski definition) is 1. The standard InChI is InChI=1S/C11H13FN2O/c1-14(11(15)13-9-5-6-9)10-4-2-3-8(12)7-10/h2-4,7,9H,5-6H2,1H3,(H,13,15). The molecule has 2 amide bonds. The Morgan fingerprint density at radius 2 is 2.27 bits per heavy atom. The third kappa shape index (κ3) is 2.46. The molecule has 0 aromatic heterocycles. The van der Waals surface area contributed by atoms with Crippen molar-refractivity contribution in [2.75, 3.05) is 11.9 Å². The summed E-state index contributed by atoms with van der Waals surface area (Å²) in [4.78, 5) is 13.0. The monoisotopic (exact) mass is 208 g/mol. The largest absolute Gasteiger partial charge is 0.335 e. The van der Waals surface area contributed by atoms with E-state index in [9.17, 15) is 9.18 Å². The summed E-state index contributed by atoms with van der Waals surface area (Å²) in [6.07, 6.45) is 2.09. The van der Waals surface area contributed by atoms with Crippen LogP contribution in [0.4, 0.5) is 14.9 Å². The van der Waals surface area contributed by atoms with Crippen molar-refractivity contribution in [2.45, 2.75) is 18.9 Å². The third-order valence-electron chi connectivity index (χ3n) is 2.41. The number of carbonyl (C=O) groups is 1. The van der Waals surface area contributed by atoms with Crippen LogP contribution in [0.2, 0.25) is 0 Å². The van der Waals surface area contributed by atoms with Gasteiger partial charge in [-0.15, -0.1) is 0 Å². The Kier molecular flexibility index (Phi) is 2.58. The number of hydrogen-bond donors (Lipinski definition) is 1. The smallest absolute Gasteiger partial charge is 0.321 e.